The molecular formula is C20H23N5O3. The fourth-order valence-electron chi connectivity index (χ4n) is 2.77. The molecule has 0 saturated heterocycles. The summed E-state index contributed by atoms with van der Waals surface area (Å²) in [6.07, 6.45) is 0. The van der Waals surface area contributed by atoms with E-state index in [-0.39, 0.29) is 18.5 Å². The number of nitrogens with one attached hydrogen (secondary N) is 1. The Morgan fingerprint density at radius 3 is 2.61 bits per heavy atom. The van der Waals surface area contributed by atoms with Crippen LogP contribution in [0.2, 0.25) is 0 Å². The second-order valence-electron chi connectivity index (χ2n) is 6.21. The molecule has 0 spiro atoms. The van der Waals surface area contributed by atoms with Crippen molar-refractivity contribution in [2.45, 2.75) is 13.5 Å². The number of amides is 1. The van der Waals surface area contributed by atoms with Crippen LogP contribution in [0.4, 0.5) is 5.95 Å². The highest BCUT2D eigenvalue weighted by atomic mass is 16.5. The fraction of sp³-hybridized carbons (Fsp3) is 0.300. The van der Waals surface area contributed by atoms with Crippen LogP contribution in [0.1, 0.15) is 23.1 Å². The number of carbonyl (C=O) groups excluding carboxylic acids is 1. The Morgan fingerprint density at radius 1 is 1.11 bits per heavy atom. The first-order valence-electron chi connectivity index (χ1n) is 8.92. The lowest BCUT2D eigenvalue weighted by Crippen LogP contribution is -2.26. The minimum Gasteiger partial charge on any atom is -0.493 e. The molecule has 3 aromatic rings. The first kappa shape index (κ1) is 19.3. The number of anilines is 1. The van der Waals surface area contributed by atoms with E-state index in [0.29, 0.717) is 29.7 Å². The first-order valence-corrected chi connectivity index (χ1v) is 8.92. The number of benzene rings is 2. The monoisotopic (exact) mass is 381 g/mol. The van der Waals surface area contributed by atoms with E-state index in [2.05, 4.69) is 20.3 Å². The number of hydrogen-bond donors (Lipinski definition) is 1. The van der Waals surface area contributed by atoms with Gasteiger partial charge in [-0.05, 0) is 23.8 Å². The Hall–Kier alpha value is -3.42. The third-order valence-electron chi connectivity index (χ3n) is 4.06. The van der Waals surface area contributed by atoms with Gasteiger partial charge >= 0.3 is 6.01 Å². The second-order valence-corrected chi connectivity index (χ2v) is 6.21. The molecule has 2 aromatic carbocycles. The van der Waals surface area contributed by atoms with Crippen LogP contribution >= 0.6 is 0 Å². The zero-order valence-corrected chi connectivity index (χ0v) is 16.4. The fourth-order valence-corrected chi connectivity index (χ4v) is 2.77. The van der Waals surface area contributed by atoms with E-state index in [4.69, 9.17) is 9.47 Å². The number of hydrogen-bond acceptors (Lipinski definition) is 7. The molecule has 1 N–H and O–H groups in total. The van der Waals surface area contributed by atoms with Gasteiger partial charge in [-0.3, -0.25) is 4.79 Å². The summed E-state index contributed by atoms with van der Waals surface area (Å²) in [5, 5.41) is 4.67. The molecule has 8 heteroatoms. The van der Waals surface area contributed by atoms with Crippen molar-refractivity contribution in [2.75, 3.05) is 32.7 Å². The summed E-state index contributed by atoms with van der Waals surface area (Å²) < 4.78 is 10.8. The molecule has 28 heavy (non-hydrogen) atoms. The number of methoxy groups -OCH3 is 1. The summed E-state index contributed by atoms with van der Waals surface area (Å²) in [4.78, 5) is 27.5. The van der Waals surface area contributed by atoms with Crippen molar-refractivity contribution in [1.29, 1.82) is 0 Å². The molecule has 3 rings (SSSR count). The molecule has 0 aliphatic heterocycles. The van der Waals surface area contributed by atoms with Gasteiger partial charge in [0.15, 0.2) is 5.82 Å². The van der Waals surface area contributed by atoms with Gasteiger partial charge < -0.3 is 19.7 Å². The number of aromatic nitrogens is 3. The molecule has 0 saturated carbocycles. The highest BCUT2D eigenvalue weighted by Gasteiger charge is 2.17. The Morgan fingerprint density at radius 2 is 1.89 bits per heavy atom. The van der Waals surface area contributed by atoms with Crippen LogP contribution in [-0.4, -0.2) is 48.7 Å². The second kappa shape index (κ2) is 8.51. The summed E-state index contributed by atoms with van der Waals surface area (Å²) in [6.45, 7) is 2.49. The summed E-state index contributed by atoms with van der Waals surface area (Å²) in [5.41, 5.74) is 0.494. The molecule has 146 valence electrons. The molecule has 0 unspecified atom stereocenters. The van der Waals surface area contributed by atoms with Gasteiger partial charge in [0.05, 0.1) is 25.8 Å². The van der Waals surface area contributed by atoms with Crippen molar-refractivity contribution < 1.29 is 14.3 Å². The van der Waals surface area contributed by atoms with Crippen molar-refractivity contribution >= 4 is 22.6 Å². The van der Waals surface area contributed by atoms with Gasteiger partial charge in [-0.25, -0.2) is 0 Å². The lowest BCUT2D eigenvalue weighted by Gasteiger charge is -2.14. The Labute approximate surface area is 163 Å². The van der Waals surface area contributed by atoms with Crippen molar-refractivity contribution in [1.82, 2.24) is 20.3 Å². The van der Waals surface area contributed by atoms with E-state index >= 15 is 0 Å². The quantitative estimate of drug-likeness (QED) is 0.672. The lowest BCUT2D eigenvalue weighted by molar-refractivity contribution is 0.0947. The molecule has 1 aromatic heterocycles. The van der Waals surface area contributed by atoms with Crippen molar-refractivity contribution in [3.8, 4) is 11.8 Å². The first-order chi connectivity index (χ1) is 13.5. The predicted octanol–water partition coefficient (Wildman–Crippen LogP) is 2.43. The van der Waals surface area contributed by atoms with Crippen LogP contribution in [0.25, 0.3) is 10.8 Å². The van der Waals surface area contributed by atoms with Gasteiger partial charge in [-0.15, -0.1) is 0 Å². The van der Waals surface area contributed by atoms with E-state index in [1.165, 1.54) is 7.11 Å². The van der Waals surface area contributed by atoms with E-state index in [1.54, 1.807) is 4.90 Å². The van der Waals surface area contributed by atoms with Crippen LogP contribution in [0.5, 0.6) is 11.8 Å². The van der Waals surface area contributed by atoms with Gasteiger partial charge in [0.1, 0.15) is 5.75 Å². The molecule has 8 nitrogen and oxygen atoms in total. The highest BCUT2D eigenvalue weighted by Crippen LogP contribution is 2.28. The standard InChI is InChI=1S/C20H23N5O3/c1-5-28-15-11-10-13-8-6-7-9-14(13)17(15)18(26)21-12-16-22-19(25(2)3)24-20(23-16)27-4/h6-11H,5,12H2,1-4H3,(H,21,26). The summed E-state index contributed by atoms with van der Waals surface area (Å²) in [5.74, 6) is 1.14. The molecule has 0 fully saturated rings. The molecule has 0 aliphatic carbocycles. The summed E-state index contributed by atoms with van der Waals surface area (Å²) in [6, 6.07) is 11.7. The van der Waals surface area contributed by atoms with Gasteiger partial charge in [0.25, 0.3) is 5.91 Å². The van der Waals surface area contributed by atoms with Crippen LogP contribution in [0, 0.1) is 0 Å². The average molecular weight is 381 g/mol. The lowest BCUT2D eigenvalue weighted by atomic mass is 10.0. The predicted molar refractivity (Wildman–Crippen MR) is 107 cm³/mol. The molecular weight excluding hydrogens is 358 g/mol. The SMILES string of the molecule is CCOc1ccc2ccccc2c1C(=O)NCc1nc(OC)nc(N(C)C)n1. The highest BCUT2D eigenvalue weighted by molar-refractivity contribution is 6.09. The third kappa shape index (κ3) is 4.11. The maximum atomic E-state index is 13.0. The average Bonchev–Trinajstić information content (AvgIpc) is 2.71. The minimum atomic E-state index is -0.258. The van der Waals surface area contributed by atoms with Gasteiger partial charge in [-0.1, -0.05) is 30.3 Å². The maximum Gasteiger partial charge on any atom is 0.321 e. The molecule has 0 radical (unpaired) electrons. The molecule has 1 heterocycles. The number of rotatable bonds is 7. The van der Waals surface area contributed by atoms with Gasteiger partial charge in [0.2, 0.25) is 5.95 Å². The largest absolute Gasteiger partial charge is 0.493 e. The molecule has 1 amide bonds. The summed E-state index contributed by atoms with van der Waals surface area (Å²) in [7, 11) is 5.13. The van der Waals surface area contributed by atoms with Crippen molar-refractivity contribution in [3.05, 3.63) is 47.8 Å². The smallest absolute Gasteiger partial charge is 0.321 e. The summed E-state index contributed by atoms with van der Waals surface area (Å²) >= 11 is 0. The van der Waals surface area contributed by atoms with Crippen LogP contribution in [-0.2, 0) is 6.54 Å². The molecule has 0 aliphatic rings. The number of nitrogens with zero attached hydrogens (tertiary/aromatic N) is 4. The number of fused-ring (bicyclic) bond motifs is 1. The van der Waals surface area contributed by atoms with Crippen LogP contribution < -0.4 is 19.7 Å². The van der Waals surface area contributed by atoms with E-state index in [1.807, 2.05) is 57.4 Å². The Balaban J connectivity index is 1.90. The zero-order valence-electron chi connectivity index (χ0n) is 16.4. The van der Waals surface area contributed by atoms with Crippen LogP contribution in [0.3, 0.4) is 0 Å². The van der Waals surface area contributed by atoms with E-state index < -0.39 is 0 Å². The molecule has 0 atom stereocenters. The van der Waals surface area contributed by atoms with Gasteiger partial charge in [0, 0.05) is 14.1 Å². The maximum absolute atomic E-state index is 13.0. The molecule has 0 bridgehead atoms. The van der Waals surface area contributed by atoms with Gasteiger partial charge in [-0.2, -0.15) is 15.0 Å². The van der Waals surface area contributed by atoms with E-state index in [0.717, 1.165) is 10.8 Å². The Bertz CT molecular complexity index is 991. The van der Waals surface area contributed by atoms with E-state index in [9.17, 15) is 4.79 Å². The number of carbonyl (C=O) groups is 1. The third-order valence-corrected chi connectivity index (χ3v) is 4.06. The van der Waals surface area contributed by atoms with Crippen molar-refractivity contribution in [3.63, 3.8) is 0 Å². The van der Waals surface area contributed by atoms with Crippen molar-refractivity contribution in [2.24, 2.45) is 0 Å². The number of ether oxygens (including phenoxy) is 2. The topological polar surface area (TPSA) is 89.5 Å². The van der Waals surface area contributed by atoms with Crippen LogP contribution in [0.15, 0.2) is 36.4 Å². The normalized spacial score (nSPS) is 10.6. The Kier molecular flexibility index (Phi) is 5.88. The zero-order chi connectivity index (χ0) is 20.1. The minimum absolute atomic E-state index is 0.132.